The zero-order valence-electron chi connectivity index (χ0n) is 14.6. The Morgan fingerprint density at radius 2 is 2.28 bits per heavy atom. The highest BCUT2D eigenvalue weighted by Gasteiger charge is 2.30. The molecule has 3 rings (SSSR count). The van der Waals surface area contributed by atoms with Gasteiger partial charge in [-0.15, -0.1) is 0 Å². The maximum atomic E-state index is 12.7. The molecule has 2 aromatic rings. The van der Waals surface area contributed by atoms with Crippen LogP contribution in [0.3, 0.4) is 0 Å². The highest BCUT2D eigenvalue weighted by molar-refractivity contribution is 5.93. The number of likely N-dealkylation sites (tertiary alicyclic amines) is 1. The molecule has 7 nitrogen and oxygen atoms in total. The number of nitriles is 1. The van der Waals surface area contributed by atoms with Gasteiger partial charge in [0.05, 0.1) is 12.1 Å². The molecular formula is C18H21N5O2. The summed E-state index contributed by atoms with van der Waals surface area (Å²) < 4.78 is 7.78. The molecule has 1 amide bonds. The van der Waals surface area contributed by atoms with Crippen LogP contribution < -0.4 is 9.64 Å². The van der Waals surface area contributed by atoms with E-state index < -0.39 is 0 Å². The highest BCUT2D eigenvalue weighted by Crippen LogP contribution is 2.27. The first-order valence-corrected chi connectivity index (χ1v) is 8.14. The van der Waals surface area contributed by atoms with Crippen molar-refractivity contribution in [3.05, 3.63) is 41.9 Å². The Morgan fingerprint density at radius 3 is 2.96 bits per heavy atom. The fourth-order valence-corrected chi connectivity index (χ4v) is 3.00. The van der Waals surface area contributed by atoms with E-state index in [0.29, 0.717) is 24.3 Å². The van der Waals surface area contributed by atoms with Crippen LogP contribution in [0, 0.1) is 11.3 Å². The van der Waals surface area contributed by atoms with Gasteiger partial charge in [0.1, 0.15) is 17.9 Å². The number of nitrogens with zero attached hydrogens (tertiary/aromatic N) is 5. The van der Waals surface area contributed by atoms with Gasteiger partial charge in [0, 0.05) is 46.5 Å². The van der Waals surface area contributed by atoms with E-state index in [4.69, 9.17) is 10.00 Å². The summed E-state index contributed by atoms with van der Waals surface area (Å²) in [6, 6.07) is 7.42. The lowest BCUT2D eigenvalue weighted by molar-refractivity contribution is 0.0763. The number of hydrogen-bond acceptors (Lipinski definition) is 5. The number of aryl methyl sites for hydroxylation is 1. The Labute approximate surface area is 147 Å². The van der Waals surface area contributed by atoms with Crippen LogP contribution in [0.5, 0.6) is 5.75 Å². The Kier molecular flexibility index (Phi) is 4.61. The first-order valence-electron chi connectivity index (χ1n) is 8.14. The van der Waals surface area contributed by atoms with Gasteiger partial charge in [0.25, 0.3) is 5.91 Å². The molecule has 0 bridgehead atoms. The SMILES string of the molecule is CN(C)c1ncccc1O[C@@H]1CCN(C(=O)c2cc(C#N)cn2C)C1. The standard InChI is InChI=1S/C18H21N5O2/c1-21(2)17-16(5-4-7-20-17)25-14-6-8-23(12-14)18(24)15-9-13(10-19)11-22(15)3/h4-5,7,9,11,14H,6,8,12H2,1-3H3/t14-/m1/s1. The van der Waals surface area contributed by atoms with E-state index in [2.05, 4.69) is 11.1 Å². The average molecular weight is 339 g/mol. The monoisotopic (exact) mass is 339 g/mol. The summed E-state index contributed by atoms with van der Waals surface area (Å²) >= 11 is 0. The number of anilines is 1. The normalized spacial score (nSPS) is 16.6. The zero-order valence-corrected chi connectivity index (χ0v) is 14.6. The molecule has 0 unspecified atom stereocenters. The van der Waals surface area contributed by atoms with Crippen LogP contribution in [-0.4, -0.2) is 53.6 Å². The molecule has 0 aromatic carbocycles. The zero-order chi connectivity index (χ0) is 18.0. The molecule has 0 N–H and O–H groups in total. The van der Waals surface area contributed by atoms with Crippen LogP contribution in [0.4, 0.5) is 5.82 Å². The van der Waals surface area contributed by atoms with Crippen LogP contribution in [0.25, 0.3) is 0 Å². The number of amides is 1. The van der Waals surface area contributed by atoms with Crippen molar-refractivity contribution in [1.29, 1.82) is 5.26 Å². The van der Waals surface area contributed by atoms with Crippen molar-refractivity contribution in [1.82, 2.24) is 14.5 Å². The summed E-state index contributed by atoms with van der Waals surface area (Å²) in [5.74, 6) is 1.42. The minimum atomic E-state index is -0.0749. The predicted octanol–water partition coefficient (Wildman–Crippen LogP) is 1.65. The van der Waals surface area contributed by atoms with Gasteiger partial charge in [-0.3, -0.25) is 4.79 Å². The fourth-order valence-electron chi connectivity index (χ4n) is 3.00. The largest absolute Gasteiger partial charge is 0.485 e. The molecule has 1 aliphatic rings. The summed E-state index contributed by atoms with van der Waals surface area (Å²) in [7, 11) is 5.61. The number of pyridine rings is 1. The van der Waals surface area contributed by atoms with E-state index in [1.807, 2.05) is 31.1 Å². The van der Waals surface area contributed by atoms with Gasteiger partial charge in [-0.1, -0.05) is 0 Å². The highest BCUT2D eigenvalue weighted by atomic mass is 16.5. The fraction of sp³-hybridized carbons (Fsp3) is 0.389. The van der Waals surface area contributed by atoms with Crippen molar-refractivity contribution >= 4 is 11.7 Å². The van der Waals surface area contributed by atoms with Gasteiger partial charge in [0.15, 0.2) is 11.6 Å². The van der Waals surface area contributed by atoms with E-state index in [9.17, 15) is 4.79 Å². The Morgan fingerprint density at radius 1 is 1.48 bits per heavy atom. The molecule has 1 saturated heterocycles. The third-order valence-corrected chi connectivity index (χ3v) is 4.25. The second-order valence-electron chi connectivity index (χ2n) is 6.34. The third-order valence-electron chi connectivity index (χ3n) is 4.25. The molecule has 0 radical (unpaired) electrons. The first-order chi connectivity index (χ1) is 12.0. The average Bonchev–Trinajstić information content (AvgIpc) is 3.21. The smallest absolute Gasteiger partial charge is 0.270 e. The van der Waals surface area contributed by atoms with Crippen molar-refractivity contribution in [2.45, 2.75) is 12.5 Å². The number of aromatic nitrogens is 2. The van der Waals surface area contributed by atoms with Crippen LogP contribution in [0.1, 0.15) is 22.5 Å². The number of carbonyl (C=O) groups is 1. The van der Waals surface area contributed by atoms with E-state index >= 15 is 0 Å². The first kappa shape index (κ1) is 16.8. The van der Waals surface area contributed by atoms with Gasteiger partial charge in [-0.25, -0.2) is 4.98 Å². The minimum Gasteiger partial charge on any atom is -0.485 e. The molecule has 0 saturated carbocycles. The number of carbonyl (C=O) groups excluding carboxylic acids is 1. The van der Waals surface area contributed by atoms with Crippen molar-refractivity contribution < 1.29 is 9.53 Å². The van der Waals surface area contributed by atoms with E-state index in [1.54, 1.807) is 35.0 Å². The molecule has 3 heterocycles. The molecule has 1 atom stereocenters. The number of ether oxygens (including phenoxy) is 1. The summed E-state index contributed by atoms with van der Waals surface area (Å²) in [6.07, 6.45) is 4.09. The minimum absolute atomic E-state index is 0.0671. The topological polar surface area (TPSA) is 74.4 Å². The van der Waals surface area contributed by atoms with Gasteiger partial charge < -0.3 is 19.1 Å². The molecule has 2 aromatic heterocycles. The molecule has 0 spiro atoms. The van der Waals surface area contributed by atoms with Gasteiger partial charge in [-0.05, 0) is 18.2 Å². The predicted molar refractivity (Wildman–Crippen MR) is 93.6 cm³/mol. The molecule has 1 fully saturated rings. The quantitative estimate of drug-likeness (QED) is 0.847. The summed E-state index contributed by atoms with van der Waals surface area (Å²) in [6.45, 7) is 1.15. The summed E-state index contributed by atoms with van der Waals surface area (Å²) in [4.78, 5) is 20.7. The third kappa shape index (κ3) is 3.43. The molecule has 7 heteroatoms. The van der Waals surface area contributed by atoms with Crippen molar-refractivity contribution in [2.75, 3.05) is 32.1 Å². The second-order valence-corrected chi connectivity index (χ2v) is 6.34. The number of hydrogen-bond donors (Lipinski definition) is 0. The Bertz CT molecular complexity index is 821. The van der Waals surface area contributed by atoms with E-state index in [1.165, 1.54) is 0 Å². The van der Waals surface area contributed by atoms with Crippen molar-refractivity contribution in [2.24, 2.45) is 7.05 Å². The summed E-state index contributed by atoms with van der Waals surface area (Å²) in [5.41, 5.74) is 1.01. The van der Waals surface area contributed by atoms with Gasteiger partial charge in [0.2, 0.25) is 0 Å². The maximum absolute atomic E-state index is 12.7. The van der Waals surface area contributed by atoms with Gasteiger partial charge in [-0.2, -0.15) is 5.26 Å². The van der Waals surface area contributed by atoms with Crippen LogP contribution in [0.2, 0.25) is 0 Å². The lowest BCUT2D eigenvalue weighted by Crippen LogP contribution is -2.32. The van der Waals surface area contributed by atoms with Crippen LogP contribution >= 0.6 is 0 Å². The van der Waals surface area contributed by atoms with Gasteiger partial charge >= 0.3 is 0 Å². The molecular weight excluding hydrogens is 318 g/mol. The van der Waals surface area contributed by atoms with E-state index in [0.717, 1.165) is 18.0 Å². The Hall–Kier alpha value is -3.01. The molecule has 0 aliphatic carbocycles. The van der Waals surface area contributed by atoms with Crippen LogP contribution in [0.15, 0.2) is 30.6 Å². The second kappa shape index (κ2) is 6.85. The van der Waals surface area contributed by atoms with E-state index in [-0.39, 0.29) is 12.0 Å². The number of rotatable bonds is 4. The Balaban J connectivity index is 1.69. The molecule has 130 valence electrons. The molecule has 1 aliphatic heterocycles. The van der Waals surface area contributed by atoms with Crippen LogP contribution in [-0.2, 0) is 7.05 Å². The maximum Gasteiger partial charge on any atom is 0.270 e. The molecule has 25 heavy (non-hydrogen) atoms. The lowest BCUT2D eigenvalue weighted by atomic mass is 10.3. The lowest BCUT2D eigenvalue weighted by Gasteiger charge is -2.20. The summed E-state index contributed by atoms with van der Waals surface area (Å²) in [5, 5.41) is 8.98. The van der Waals surface area contributed by atoms with Crippen molar-refractivity contribution in [3.63, 3.8) is 0 Å². The van der Waals surface area contributed by atoms with Crippen molar-refractivity contribution in [3.8, 4) is 11.8 Å².